The maximum atomic E-state index is 12.3. The van der Waals surface area contributed by atoms with E-state index in [0.717, 1.165) is 0 Å². The Morgan fingerprint density at radius 2 is 1.17 bits per heavy atom. The van der Waals surface area contributed by atoms with Gasteiger partial charge < -0.3 is 28.4 Å². The van der Waals surface area contributed by atoms with Gasteiger partial charge in [-0.3, -0.25) is 29.3 Å². The molecule has 0 amide bonds. The fourth-order valence-electron chi connectivity index (χ4n) is 3.74. The zero-order valence-corrected chi connectivity index (χ0v) is 25.9. The number of nitrogens with zero attached hydrogens (tertiary/aromatic N) is 1. The molecule has 2 aromatic rings. The van der Waals surface area contributed by atoms with E-state index in [0.29, 0.717) is 43.4 Å². The molecule has 0 atom stereocenters. The molecule has 0 aliphatic rings. The van der Waals surface area contributed by atoms with E-state index in [2.05, 4.69) is 0 Å². The molecule has 0 aromatic heterocycles. The number of unbranched alkanes of at least 4 members (excludes halogenated alkanes) is 2. The first-order valence-corrected chi connectivity index (χ1v) is 15.0. The Hall–Kier alpha value is -5.01. The molecule has 0 saturated carbocycles. The molecule has 0 saturated heterocycles. The highest BCUT2D eigenvalue weighted by molar-refractivity contribution is 5.72. The van der Waals surface area contributed by atoms with Crippen LogP contribution in [0.2, 0.25) is 0 Å². The van der Waals surface area contributed by atoms with Crippen molar-refractivity contribution in [1.29, 1.82) is 0 Å². The van der Waals surface area contributed by atoms with Crippen molar-refractivity contribution in [2.45, 2.75) is 84.3 Å². The van der Waals surface area contributed by atoms with Crippen molar-refractivity contribution in [1.82, 2.24) is 0 Å². The Morgan fingerprint density at radius 3 is 1.72 bits per heavy atom. The molecule has 0 N–H and O–H groups in total. The van der Waals surface area contributed by atoms with Crippen LogP contribution in [0.5, 0.6) is 11.5 Å². The summed E-state index contributed by atoms with van der Waals surface area (Å²) in [4.78, 5) is 69.9. The number of carbonyl (C=O) groups is 5. The smallest absolute Gasteiger partial charge is 0.462 e. The second kappa shape index (κ2) is 20.9. The number of ether oxygens (including phenoxy) is 6. The number of non-ortho nitro benzene ring substituents is 1. The number of carbonyl (C=O) groups excluding carboxylic acids is 5. The van der Waals surface area contributed by atoms with Gasteiger partial charge in [0.15, 0.2) is 6.10 Å². The number of nitro groups is 1. The normalized spacial score (nSPS) is 10.5. The molecule has 46 heavy (non-hydrogen) atoms. The molecule has 2 rings (SSSR count). The number of esters is 4. The van der Waals surface area contributed by atoms with Crippen molar-refractivity contribution >= 4 is 35.7 Å². The molecule has 0 fully saturated rings. The summed E-state index contributed by atoms with van der Waals surface area (Å²) >= 11 is 0. The lowest BCUT2D eigenvalue weighted by molar-refractivity contribution is -0.384. The highest BCUT2D eigenvalue weighted by Gasteiger charge is 2.19. The summed E-state index contributed by atoms with van der Waals surface area (Å²) in [6.07, 6.45) is 1.46. The van der Waals surface area contributed by atoms with Gasteiger partial charge >= 0.3 is 30.0 Å². The molecule has 2 aromatic carbocycles. The van der Waals surface area contributed by atoms with Gasteiger partial charge in [-0.2, -0.15) is 0 Å². The molecular weight excluding hydrogens is 606 g/mol. The van der Waals surface area contributed by atoms with Gasteiger partial charge in [0, 0.05) is 37.8 Å². The molecule has 250 valence electrons. The summed E-state index contributed by atoms with van der Waals surface area (Å²) in [5.74, 6) is -1.46. The van der Waals surface area contributed by atoms with Crippen LogP contribution in [0.4, 0.5) is 10.5 Å². The summed E-state index contributed by atoms with van der Waals surface area (Å²) in [5.41, 5.74) is 0.464. The third-order valence-corrected chi connectivity index (χ3v) is 6.09. The summed E-state index contributed by atoms with van der Waals surface area (Å²) in [6.45, 7) is 3.13. The van der Waals surface area contributed by atoms with Gasteiger partial charge in [0.1, 0.15) is 31.3 Å². The first kappa shape index (κ1) is 37.2. The van der Waals surface area contributed by atoms with Gasteiger partial charge in [0.05, 0.1) is 4.92 Å². The van der Waals surface area contributed by atoms with Crippen molar-refractivity contribution in [2.24, 2.45) is 0 Å². The predicted octanol–water partition coefficient (Wildman–Crippen LogP) is 5.76. The van der Waals surface area contributed by atoms with E-state index >= 15 is 0 Å². The fourth-order valence-corrected chi connectivity index (χ4v) is 3.74. The molecule has 0 radical (unpaired) electrons. The lowest BCUT2D eigenvalue weighted by Gasteiger charge is -2.18. The van der Waals surface area contributed by atoms with E-state index in [-0.39, 0.29) is 56.9 Å². The van der Waals surface area contributed by atoms with Crippen molar-refractivity contribution in [3.8, 4) is 11.5 Å². The summed E-state index contributed by atoms with van der Waals surface area (Å²) in [5, 5.41) is 10.7. The Balaban J connectivity index is 1.65. The van der Waals surface area contributed by atoms with Crippen molar-refractivity contribution in [3.63, 3.8) is 0 Å². The molecule has 0 bridgehead atoms. The number of hydrogen-bond donors (Lipinski definition) is 0. The fraction of sp³-hybridized carbons (Fsp3) is 0.469. The zero-order valence-electron chi connectivity index (χ0n) is 25.9. The standard InChI is InChI=1S/C32H39NO13/c1-3-8-28(34)41-21-27(22-42-29(35)9-4-2)45-31(37)11-7-5-6-10-30(36)44-25-16-12-23(13-17-25)20-43-32(38)46-26-18-14-24(15-19-26)33(39)40/h12-19,27H,3-11,20-22H2,1-2H3. The van der Waals surface area contributed by atoms with Crippen LogP contribution in [0, 0.1) is 10.1 Å². The van der Waals surface area contributed by atoms with Gasteiger partial charge in [-0.15, -0.1) is 0 Å². The molecule has 14 nitrogen and oxygen atoms in total. The largest absolute Gasteiger partial charge is 0.514 e. The maximum absolute atomic E-state index is 12.3. The highest BCUT2D eigenvalue weighted by Crippen LogP contribution is 2.19. The van der Waals surface area contributed by atoms with Gasteiger partial charge in [-0.05, 0) is 55.5 Å². The lowest BCUT2D eigenvalue weighted by Crippen LogP contribution is -2.30. The number of rotatable bonds is 20. The molecule has 0 unspecified atom stereocenters. The van der Waals surface area contributed by atoms with Gasteiger partial charge in [-0.1, -0.05) is 32.4 Å². The van der Waals surface area contributed by atoms with E-state index in [9.17, 15) is 34.1 Å². The maximum Gasteiger partial charge on any atom is 0.514 e. The van der Waals surface area contributed by atoms with Gasteiger partial charge in [0.25, 0.3) is 5.69 Å². The first-order chi connectivity index (χ1) is 22.1. The van der Waals surface area contributed by atoms with E-state index in [1.165, 1.54) is 24.3 Å². The molecule has 0 spiro atoms. The Labute approximate surface area is 266 Å². The van der Waals surface area contributed by atoms with Crippen LogP contribution in [-0.2, 0) is 44.7 Å². The second-order valence-electron chi connectivity index (χ2n) is 10.0. The second-order valence-corrected chi connectivity index (χ2v) is 10.0. The summed E-state index contributed by atoms with van der Waals surface area (Å²) < 4.78 is 30.9. The van der Waals surface area contributed by atoms with Crippen LogP contribution in [0.3, 0.4) is 0 Å². The van der Waals surface area contributed by atoms with E-state index in [1.807, 2.05) is 13.8 Å². The summed E-state index contributed by atoms with van der Waals surface area (Å²) in [6, 6.07) is 11.3. The first-order valence-electron chi connectivity index (χ1n) is 15.0. The number of nitro benzene ring substituents is 1. The molecular formula is C32H39NO13. The number of hydrogen-bond acceptors (Lipinski definition) is 13. The number of benzene rings is 2. The Kier molecular flexibility index (Phi) is 16.9. The minimum atomic E-state index is -0.988. The molecule has 0 heterocycles. The minimum absolute atomic E-state index is 0.0717. The Bertz CT molecular complexity index is 1270. The zero-order chi connectivity index (χ0) is 33.7. The van der Waals surface area contributed by atoms with E-state index < -0.39 is 41.1 Å². The average Bonchev–Trinajstić information content (AvgIpc) is 3.02. The third-order valence-electron chi connectivity index (χ3n) is 6.09. The third kappa shape index (κ3) is 15.6. The van der Waals surface area contributed by atoms with Crippen LogP contribution in [-0.4, -0.2) is 54.3 Å². The van der Waals surface area contributed by atoms with Crippen molar-refractivity contribution in [3.05, 3.63) is 64.2 Å². The average molecular weight is 646 g/mol. The van der Waals surface area contributed by atoms with E-state index in [4.69, 9.17) is 28.4 Å². The quantitative estimate of drug-likeness (QED) is 0.0322. The SMILES string of the molecule is CCCC(=O)OCC(COC(=O)CCC)OC(=O)CCCCCC(=O)Oc1ccc(COC(=O)Oc2ccc([N+](=O)[O-])cc2)cc1. The minimum Gasteiger partial charge on any atom is -0.462 e. The Morgan fingerprint density at radius 1 is 0.652 bits per heavy atom. The predicted molar refractivity (Wildman–Crippen MR) is 161 cm³/mol. The molecule has 0 aliphatic carbocycles. The topological polar surface area (TPSA) is 184 Å². The van der Waals surface area contributed by atoms with Crippen LogP contribution in [0.25, 0.3) is 0 Å². The van der Waals surface area contributed by atoms with Gasteiger partial charge in [0.2, 0.25) is 0 Å². The van der Waals surface area contributed by atoms with Gasteiger partial charge in [-0.25, -0.2) is 4.79 Å². The highest BCUT2D eigenvalue weighted by atomic mass is 16.7. The summed E-state index contributed by atoms with van der Waals surface area (Å²) in [7, 11) is 0. The van der Waals surface area contributed by atoms with Crippen LogP contribution in [0.15, 0.2) is 48.5 Å². The van der Waals surface area contributed by atoms with Crippen LogP contribution < -0.4 is 9.47 Å². The molecule has 14 heteroatoms. The monoisotopic (exact) mass is 645 g/mol. The lowest BCUT2D eigenvalue weighted by atomic mass is 10.1. The van der Waals surface area contributed by atoms with Crippen molar-refractivity contribution < 1.29 is 57.3 Å². The van der Waals surface area contributed by atoms with Crippen LogP contribution >= 0.6 is 0 Å². The van der Waals surface area contributed by atoms with Crippen molar-refractivity contribution in [2.75, 3.05) is 13.2 Å². The van der Waals surface area contributed by atoms with E-state index in [1.54, 1.807) is 24.3 Å². The molecule has 0 aliphatic heterocycles. The van der Waals surface area contributed by atoms with Crippen LogP contribution in [0.1, 0.15) is 77.2 Å².